The predicted octanol–water partition coefficient (Wildman–Crippen LogP) is 7.11. The highest BCUT2D eigenvalue weighted by Gasteiger charge is 2.29. The van der Waals surface area contributed by atoms with E-state index in [1.165, 1.54) is 0 Å². The van der Waals surface area contributed by atoms with Gasteiger partial charge < -0.3 is 13.6 Å². The van der Waals surface area contributed by atoms with E-state index in [0.717, 1.165) is 50.8 Å². The molecule has 1 N–H and O–H groups in total. The van der Waals surface area contributed by atoms with Crippen molar-refractivity contribution in [3.63, 3.8) is 0 Å². The quantitative estimate of drug-likeness (QED) is 0.132. The Kier molecular flexibility index (Phi) is 7.39. The Morgan fingerprint density at radius 2 is 1.67 bits per heavy atom. The van der Waals surface area contributed by atoms with Crippen molar-refractivity contribution in [3.8, 4) is 22.9 Å². The van der Waals surface area contributed by atoms with E-state index >= 15 is 0 Å². The molecule has 8 nitrogen and oxygen atoms in total. The number of fused-ring (bicyclic) bond motifs is 2. The van der Waals surface area contributed by atoms with Crippen LogP contribution in [-0.2, 0) is 17.6 Å². The number of aryl methyl sites for hydroxylation is 3. The molecule has 5 aromatic rings. The maximum atomic E-state index is 13.1. The van der Waals surface area contributed by atoms with Crippen LogP contribution in [0.2, 0.25) is 0 Å². The molecule has 0 unspecified atom stereocenters. The molecule has 0 saturated heterocycles. The molecular formula is C35H29N3O5. The largest absolute Gasteiger partial charge is 0.464 e. The highest BCUT2D eigenvalue weighted by Crippen LogP contribution is 2.31. The number of hydrogen-bond donors (Lipinski definition) is 1. The average molecular weight is 572 g/mol. The lowest BCUT2D eigenvalue weighted by molar-refractivity contribution is -0.120. The molecule has 0 saturated carbocycles. The molecule has 1 aliphatic rings. The molecule has 0 aliphatic heterocycles. The summed E-state index contributed by atoms with van der Waals surface area (Å²) < 4.78 is 17.3. The fourth-order valence-corrected chi connectivity index (χ4v) is 5.45. The van der Waals surface area contributed by atoms with Crippen molar-refractivity contribution in [2.75, 3.05) is 0 Å². The molecule has 0 atom stereocenters. The third-order valence-electron chi connectivity index (χ3n) is 7.93. The zero-order valence-electron chi connectivity index (χ0n) is 24.1. The molecule has 0 radical (unpaired) electrons. The van der Waals surface area contributed by atoms with Gasteiger partial charge in [0.25, 0.3) is 0 Å². The van der Waals surface area contributed by atoms with Crippen LogP contribution in [0.3, 0.4) is 0 Å². The van der Waals surface area contributed by atoms with Crippen molar-refractivity contribution in [2.24, 2.45) is 5.10 Å². The SMILES string of the molecule is Cc1ccc2c(CC(=O)N/N=C3\CCCc4oc(C(=O)Oc5ccc(-c6ccc(C#N)cc6)cc5)c(C)c43)coc2c1C. The number of carbonyl (C=O) groups excluding carboxylic acids is 2. The second kappa shape index (κ2) is 11.5. The minimum atomic E-state index is -0.598. The van der Waals surface area contributed by atoms with Gasteiger partial charge in [-0.25, -0.2) is 10.2 Å². The maximum absolute atomic E-state index is 13.1. The van der Waals surface area contributed by atoms with E-state index in [1.807, 2.05) is 50.2 Å². The number of hydrogen-bond acceptors (Lipinski definition) is 7. The molecule has 0 bridgehead atoms. The summed E-state index contributed by atoms with van der Waals surface area (Å²) in [6.07, 6.45) is 3.85. The number of amides is 1. The van der Waals surface area contributed by atoms with Gasteiger partial charge in [0.2, 0.25) is 11.7 Å². The Hall–Kier alpha value is -5.42. The van der Waals surface area contributed by atoms with Gasteiger partial charge in [0.15, 0.2) is 0 Å². The lowest BCUT2D eigenvalue weighted by Gasteiger charge is -2.13. The van der Waals surface area contributed by atoms with Gasteiger partial charge in [-0.1, -0.05) is 36.4 Å². The van der Waals surface area contributed by atoms with Crippen LogP contribution in [-0.4, -0.2) is 17.6 Å². The van der Waals surface area contributed by atoms with Gasteiger partial charge in [-0.2, -0.15) is 10.4 Å². The Balaban J connectivity index is 1.15. The number of esters is 1. The van der Waals surface area contributed by atoms with Crippen molar-refractivity contribution in [3.05, 3.63) is 112 Å². The maximum Gasteiger partial charge on any atom is 0.379 e. The van der Waals surface area contributed by atoms with E-state index in [2.05, 4.69) is 16.6 Å². The van der Waals surface area contributed by atoms with E-state index in [9.17, 15) is 9.59 Å². The average Bonchev–Trinajstić information content (AvgIpc) is 3.59. The predicted molar refractivity (Wildman–Crippen MR) is 162 cm³/mol. The summed E-state index contributed by atoms with van der Waals surface area (Å²) >= 11 is 0. The second-order valence-corrected chi connectivity index (χ2v) is 10.7. The van der Waals surface area contributed by atoms with Gasteiger partial charge in [0.1, 0.15) is 17.1 Å². The van der Waals surface area contributed by atoms with Crippen LogP contribution in [0, 0.1) is 32.1 Å². The third-order valence-corrected chi connectivity index (χ3v) is 7.93. The van der Waals surface area contributed by atoms with Gasteiger partial charge in [-0.3, -0.25) is 4.79 Å². The van der Waals surface area contributed by atoms with E-state index in [1.54, 1.807) is 37.5 Å². The van der Waals surface area contributed by atoms with E-state index in [0.29, 0.717) is 41.2 Å². The van der Waals surface area contributed by atoms with Crippen LogP contribution in [0.1, 0.15) is 62.5 Å². The molecule has 214 valence electrons. The van der Waals surface area contributed by atoms with Crippen LogP contribution >= 0.6 is 0 Å². The molecule has 3 aromatic carbocycles. The summed E-state index contributed by atoms with van der Waals surface area (Å²) in [6.45, 7) is 5.83. The van der Waals surface area contributed by atoms with Crippen molar-refractivity contribution in [1.29, 1.82) is 5.26 Å². The monoisotopic (exact) mass is 571 g/mol. The first-order valence-corrected chi connectivity index (χ1v) is 14.1. The number of rotatable bonds is 6. The van der Waals surface area contributed by atoms with Crippen LogP contribution in [0.5, 0.6) is 5.75 Å². The molecule has 0 fully saturated rings. The second-order valence-electron chi connectivity index (χ2n) is 10.7. The number of hydrazone groups is 1. The lowest BCUT2D eigenvalue weighted by Crippen LogP contribution is -2.23. The molecule has 6 rings (SSSR count). The van der Waals surface area contributed by atoms with E-state index in [4.69, 9.17) is 18.8 Å². The first-order chi connectivity index (χ1) is 20.8. The van der Waals surface area contributed by atoms with Gasteiger partial charge in [-0.05, 0) is 80.1 Å². The Morgan fingerprint density at radius 1 is 0.953 bits per heavy atom. The van der Waals surface area contributed by atoms with Gasteiger partial charge >= 0.3 is 5.97 Å². The van der Waals surface area contributed by atoms with Crippen LogP contribution in [0.25, 0.3) is 22.1 Å². The fourth-order valence-electron chi connectivity index (χ4n) is 5.45. The highest BCUT2D eigenvalue weighted by molar-refractivity contribution is 6.06. The van der Waals surface area contributed by atoms with Gasteiger partial charge in [-0.15, -0.1) is 0 Å². The molecule has 8 heteroatoms. The van der Waals surface area contributed by atoms with Crippen molar-refractivity contribution in [2.45, 2.75) is 46.5 Å². The molecular weight excluding hydrogens is 542 g/mol. The standard InChI is InChI=1S/C35H29N3O5/c1-20-7-16-28-26(19-41-33(28)21(20)2)17-31(39)38-37-29-5-4-6-30-32(29)22(3)34(43-30)35(40)42-27-14-12-25(13-15-27)24-10-8-23(18-36)9-11-24/h7-16,19H,4-6,17H2,1-3H3,(H,38,39)/b37-29+. The zero-order chi connectivity index (χ0) is 30.1. The minimum Gasteiger partial charge on any atom is -0.464 e. The summed E-state index contributed by atoms with van der Waals surface area (Å²) in [7, 11) is 0. The van der Waals surface area contributed by atoms with Crippen molar-refractivity contribution >= 4 is 28.6 Å². The molecule has 2 aromatic heterocycles. The number of ether oxygens (including phenoxy) is 1. The number of nitrogens with one attached hydrogen (secondary N) is 1. The van der Waals surface area contributed by atoms with Crippen LogP contribution < -0.4 is 10.2 Å². The molecule has 1 aliphatic carbocycles. The van der Waals surface area contributed by atoms with Crippen molar-refractivity contribution in [1.82, 2.24) is 5.43 Å². The van der Waals surface area contributed by atoms with Crippen LogP contribution in [0.15, 0.2) is 80.9 Å². The Morgan fingerprint density at radius 3 is 2.40 bits per heavy atom. The highest BCUT2D eigenvalue weighted by atomic mass is 16.5. The minimum absolute atomic E-state index is 0.123. The molecule has 0 spiro atoms. The Labute approximate surface area is 248 Å². The summed E-state index contributed by atoms with van der Waals surface area (Å²) in [6, 6.07) is 20.5. The number of carbonyl (C=O) groups is 2. The summed E-state index contributed by atoms with van der Waals surface area (Å²) in [5, 5.41) is 14.4. The third kappa shape index (κ3) is 5.45. The van der Waals surface area contributed by atoms with Gasteiger partial charge in [0, 0.05) is 28.5 Å². The zero-order valence-corrected chi connectivity index (χ0v) is 24.1. The normalized spacial score (nSPS) is 13.5. The number of benzene rings is 3. The van der Waals surface area contributed by atoms with Crippen LogP contribution in [0.4, 0.5) is 0 Å². The van der Waals surface area contributed by atoms with E-state index < -0.39 is 5.97 Å². The topological polar surface area (TPSA) is 118 Å². The first kappa shape index (κ1) is 27.7. The molecule has 43 heavy (non-hydrogen) atoms. The van der Waals surface area contributed by atoms with Gasteiger partial charge in [0.05, 0.1) is 30.0 Å². The Bertz CT molecular complexity index is 1940. The summed E-state index contributed by atoms with van der Waals surface area (Å²) in [5.74, 6) is 0.308. The molecule has 2 heterocycles. The van der Waals surface area contributed by atoms with E-state index in [-0.39, 0.29) is 18.1 Å². The fraction of sp³-hybridized carbons (Fsp3) is 0.200. The number of furan rings is 2. The summed E-state index contributed by atoms with van der Waals surface area (Å²) in [4.78, 5) is 26.0. The first-order valence-electron chi connectivity index (χ1n) is 14.1. The molecule has 1 amide bonds. The lowest BCUT2D eigenvalue weighted by atomic mass is 9.93. The van der Waals surface area contributed by atoms with Crippen molar-refractivity contribution < 1.29 is 23.2 Å². The number of nitrogens with zero attached hydrogens (tertiary/aromatic N) is 2. The summed E-state index contributed by atoms with van der Waals surface area (Å²) in [5.41, 5.74) is 11.0. The number of nitriles is 1. The smallest absolute Gasteiger partial charge is 0.379 e.